The van der Waals surface area contributed by atoms with Crippen LogP contribution in [0.5, 0.6) is 0 Å². The fraction of sp³-hybridized carbons (Fsp3) is 0.625. The zero-order valence-electron chi connectivity index (χ0n) is 13.4. The molecule has 0 bridgehead atoms. The van der Waals surface area contributed by atoms with Crippen molar-refractivity contribution in [1.29, 1.82) is 0 Å². The summed E-state index contributed by atoms with van der Waals surface area (Å²) < 4.78 is 6.26. The van der Waals surface area contributed by atoms with Crippen LogP contribution in [0, 0.1) is 0 Å². The summed E-state index contributed by atoms with van der Waals surface area (Å²) >= 11 is 3.41. The quantitative estimate of drug-likeness (QED) is 0.881. The van der Waals surface area contributed by atoms with Gasteiger partial charge in [-0.25, -0.2) is 9.78 Å². The first-order valence-corrected chi connectivity index (χ1v) is 8.49. The van der Waals surface area contributed by atoms with Crippen LogP contribution in [-0.2, 0) is 4.74 Å². The molecule has 2 rings (SSSR count). The molecule has 1 aliphatic rings. The van der Waals surface area contributed by atoms with E-state index in [-0.39, 0.29) is 12.1 Å². The Morgan fingerprint density at radius 2 is 2.23 bits per heavy atom. The Kier molecular flexibility index (Phi) is 5.67. The maximum Gasteiger partial charge on any atom is 0.407 e. The number of hydrogen-bond donors (Lipinski definition) is 1. The van der Waals surface area contributed by atoms with Crippen molar-refractivity contribution in [1.82, 2.24) is 10.3 Å². The summed E-state index contributed by atoms with van der Waals surface area (Å²) in [5.74, 6) is 0.957. The molecular weight excluding hydrogens is 346 g/mol. The molecule has 0 spiro atoms. The number of nitrogens with one attached hydrogen (secondary N) is 1. The lowest BCUT2D eigenvalue weighted by atomic mass is 10.0. The lowest BCUT2D eigenvalue weighted by Gasteiger charge is -2.36. The van der Waals surface area contributed by atoms with Crippen molar-refractivity contribution in [2.45, 2.75) is 51.7 Å². The molecule has 1 amide bonds. The second-order valence-electron chi connectivity index (χ2n) is 6.56. The Balaban J connectivity index is 1.95. The van der Waals surface area contributed by atoms with E-state index in [1.165, 1.54) is 6.42 Å². The summed E-state index contributed by atoms with van der Waals surface area (Å²) in [6.07, 6.45) is 4.83. The predicted octanol–water partition coefficient (Wildman–Crippen LogP) is 3.73. The van der Waals surface area contributed by atoms with E-state index in [0.29, 0.717) is 6.54 Å². The van der Waals surface area contributed by atoms with Crippen LogP contribution in [0.3, 0.4) is 0 Å². The standard InChI is InChI=1S/C16H24BrN3O2/c1-16(2,3)22-15(21)19-11-13-6-4-5-9-20(13)14-8-7-12(17)10-18-14/h7-8,10,13H,4-6,9,11H2,1-3H3,(H,19,21)/t13-/m1/s1. The molecule has 0 radical (unpaired) electrons. The summed E-state index contributed by atoms with van der Waals surface area (Å²) in [4.78, 5) is 18.6. The number of carbonyl (C=O) groups excluding carboxylic acids is 1. The molecular formula is C16H24BrN3O2. The first-order chi connectivity index (χ1) is 10.3. The molecule has 0 aromatic carbocycles. The van der Waals surface area contributed by atoms with Crippen LogP contribution >= 0.6 is 15.9 Å². The molecule has 1 aromatic heterocycles. The Labute approximate surface area is 140 Å². The minimum Gasteiger partial charge on any atom is -0.444 e. The summed E-state index contributed by atoms with van der Waals surface area (Å²) in [6, 6.07) is 4.26. The van der Waals surface area contributed by atoms with Crippen molar-refractivity contribution in [3.63, 3.8) is 0 Å². The van der Waals surface area contributed by atoms with E-state index in [0.717, 1.165) is 29.7 Å². The fourth-order valence-corrected chi connectivity index (χ4v) is 2.80. The van der Waals surface area contributed by atoms with Gasteiger partial charge in [0.2, 0.25) is 0 Å². The molecule has 122 valence electrons. The van der Waals surface area contributed by atoms with Gasteiger partial charge in [0, 0.05) is 29.8 Å². The highest BCUT2D eigenvalue weighted by Crippen LogP contribution is 2.23. The Bertz CT molecular complexity index is 499. The summed E-state index contributed by atoms with van der Waals surface area (Å²) in [5, 5.41) is 2.88. The molecule has 1 saturated heterocycles. The summed E-state index contributed by atoms with van der Waals surface area (Å²) in [5.41, 5.74) is -0.469. The van der Waals surface area contributed by atoms with Crippen molar-refractivity contribution in [2.24, 2.45) is 0 Å². The van der Waals surface area contributed by atoms with Gasteiger partial charge in [0.25, 0.3) is 0 Å². The van der Waals surface area contributed by atoms with Gasteiger partial charge in [-0.05, 0) is 68.1 Å². The molecule has 5 nitrogen and oxygen atoms in total. The topological polar surface area (TPSA) is 54.5 Å². The minimum absolute atomic E-state index is 0.259. The largest absolute Gasteiger partial charge is 0.444 e. The maximum absolute atomic E-state index is 11.8. The number of alkyl carbamates (subject to hydrolysis) is 1. The molecule has 1 fully saturated rings. The normalized spacial score (nSPS) is 18.9. The third-order valence-electron chi connectivity index (χ3n) is 3.51. The molecule has 1 aromatic rings. The van der Waals surface area contributed by atoms with Gasteiger partial charge < -0.3 is 15.0 Å². The van der Waals surface area contributed by atoms with E-state index in [1.807, 2.05) is 39.1 Å². The maximum atomic E-state index is 11.8. The molecule has 1 N–H and O–H groups in total. The third kappa shape index (κ3) is 5.16. The molecule has 0 unspecified atom stereocenters. The summed E-state index contributed by atoms with van der Waals surface area (Å²) in [6.45, 7) is 7.14. The Hall–Kier alpha value is -1.30. The van der Waals surface area contributed by atoms with E-state index in [2.05, 4.69) is 31.1 Å². The van der Waals surface area contributed by atoms with Crippen molar-refractivity contribution in [3.05, 3.63) is 22.8 Å². The van der Waals surface area contributed by atoms with Crippen molar-refractivity contribution in [3.8, 4) is 0 Å². The number of nitrogens with zero attached hydrogens (tertiary/aromatic N) is 2. The van der Waals surface area contributed by atoms with Crippen LogP contribution in [0.1, 0.15) is 40.0 Å². The third-order valence-corrected chi connectivity index (χ3v) is 3.98. The number of anilines is 1. The zero-order valence-corrected chi connectivity index (χ0v) is 15.0. The molecule has 0 saturated carbocycles. The van der Waals surface area contributed by atoms with Gasteiger partial charge in [-0.15, -0.1) is 0 Å². The van der Waals surface area contributed by atoms with E-state index < -0.39 is 5.60 Å². The number of carbonyl (C=O) groups is 1. The van der Waals surface area contributed by atoms with E-state index >= 15 is 0 Å². The molecule has 6 heteroatoms. The van der Waals surface area contributed by atoms with E-state index in [4.69, 9.17) is 4.74 Å². The van der Waals surface area contributed by atoms with Crippen LogP contribution in [0.2, 0.25) is 0 Å². The SMILES string of the molecule is CC(C)(C)OC(=O)NC[C@H]1CCCCN1c1ccc(Br)cn1. The minimum atomic E-state index is -0.469. The number of pyridine rings is 1. The van der Waals surface area contributed by atoms with Crippen LogP contribution in [0.15, 0.2) is 22.8 Å². The van der Waals surface area contributed by atoms with Gasteiger partial charge in [-0.1, -0.05) is 0 Å². The van der Waals surface area contributed by atoms with Crippen molar-refractivity contribution >= 4 is 27.8 Å². The fourth-order valence-electron chi connectivity index (χ4n) is 2.57. The highest BCUT2D eigenvalue weighted by Gasteiger charge is 2.25. The molecule has 1 aliphatic heterocycles. The van der Waals surface area contributed by atoms with Gasteiger partial charge in [0.05, 0.1) is 0 Å². The van der Waals surface area contributed by atoms with Gasteiger partial charge >= 0.3 is 6.09 Å². The number of hydrogen-bond acceptors (Lipinski definition) is 4. The number of rotatable bonds is 3. The highest BCUT2D eigenvalue weighted by atomic mass is 79.9. The number of amides is 1. The summed E-state index contributed by atoms with van der Waals surface area (Å²) in [7, 11) is 0. The number of piperidine rings is 1. The van der Waals surface area contributed by atoms with Crippen LogP contribution in [-0.4, -0.2) is 35.8 Å². The molecule has 22 heavy (non-hydrogen) atoms. The van der Waals surface area contributed by atoms with Crippen LogP contribution in [0.25, 0.3) is 0 Å². The van der Waals surface area contributed by atoms with Gasteiger partial charge in [0.1, 0.15) is 11.4 Å². The second kappa shape index (κ2) is 7.31. The lowest BCUT2D eigenvalue weighted by Crippen LogP contribution is -2.48. The average Bonchev–Trinajstić information content (AvgIpc) is 2.45. The zero-order chi connectivity index (χ0) is 16.2. The Morgan fingerprint density at radius 1 is 1.45 bits per heavy atom. The van der Waals surface area contributed by atoms with Gasteiger partial charge in [-0.3, -0.25) is 0 Å². The molecule has 1 atom stereocenters. The van der Waals surface area contributed by atoms with E-state index in [1.54, 1.807) is 0 Å². The first-order valence-electron chi connectivity index (χ1n) is 7.70. The van der Waals surface area contributed by atoms with Gasteiger partial charge in [-0.2, -0.15) is 0 Å². The smallest absolute Gasteiger partial charge is 0.407 e. The highest BCUT2D eigenvalue weighted by molar-refractivity contribution is 9.10. The predicted molar refractivity (Wildman–Crippen MR) is 91.2 cm³/mol. The van der Waals surface area contributed by atoms with E-state index in [9.17, 15) is 4.79 Å². The number of aromatic nitrogens is 1. The van der Waals surface area contributed by atoms with Crippen molar-refractivity contribution < 1.29 is 9.53 Å². The Morgan fingerprint density at radius 3 is 2.86 bits per heavy atom. The monoisotopic (exact) mass is 369 g/mol. The van der Waals surface area contributed by atoms with Crippen molar-refractivity contribution in [2.75, 3.05) is 18.0 Å². The number of halogens is 1. The van der Waals surface area contributed by atoms with Crippen LogP contribution in [0.4, 0.5) is 10.6 Å². The second-order valence-corrected chi connectivity index (χ2v) is 7.48. The number of ether oxygens (including phenoxy) is 1. The first kappa shape index (κ1) is 17.1. The average molecular weight is 370 g/mol. The molecule has 0 aliphatic carbocycles. The van der Waals surface area contributed by atoms with Gasteiger partial charge in [0.15, 0.2) is 0 Å². The van der Waals surface area contributed by atoms with Crippen LogP contribution < -0.4 is 10.2 Å². The molecule has 2 heterocycles. The lowest BCUT2D eigenvalue weighted by molar-refractivity contribution is 0.0523.